The molecule has 11 heteroatoms. The van der Waals surface area contributed by atoms with Crippen molar-refractivity contribution in [1.29, 1.82) is 0 Å². The van der Waals surface area contributed by atoms with Crippen molar-refractivity contribution in [3.8, 4) is 0 Å². The standard InChI is InChI=1S/C12H21ClO10/c13-6-4(1-14)22-10(20)12(21,8(6)18)11(3-16)9(19)7(17)5(2-15)23-11/h4-10,14-21H,1-3H2/t4-,5-,6+,7-,8+,9+,10+,11?,12-/m1/s1/i10D. The maximum atomic E-state index is 10.9. The van der Waals surface area contributed by atoms with Crippen molar-refractivity contribution < 1.29 is 51.7 Å². The second-order valence-electron chi connectivity index (χ2n) is 5.62. The van der Waals surface area contributed by atoms with Crippen LogP contribution in [-0.2, 0) is 9.47 Å². The second kappa shape index (κ2) is 6.65. The van der Waals surface area contributed by atoms with Crippen molar-refractivity contribution in [2.45, 2.75) is 53.4 Å². The number of hydrogen-bond donors (Lipinski definition) is 8. The van der Waals surface area contributed by atoms with Crippen LogP contribution in [0.15, 0.2) is 0 Å². The molecule has 0 amide bonds. The molecule has 0 radical (unpaired) electrons. The molecule has 0 spiro atoms. The van der Waals surface area contributed by atoms with Gasteiger partial charge in [-0.15, -0.1) is 11.6 Å². The summed E-state index contributed by atoms with van der Waals surface area (Å²) in [4.78, 5) is 0. The van der Waals surface area contributed by atoms with Gasteiger partial charge in [0.05, 0.1) is 26.6 Å². The molecule has 2 aliphatic rings. The van der Waals surface area contributed by atoms with Crippen LogP contribution in [-0.4, -0.2) is 114 Å². The Morgan fingerprint density at radius 1 is 1.00 bits per heavy atom. The minimum absolute atomic E-state index is 0.806. The summed E-state index contributed by atoms with van der Waals surface area (Å²) in [6, 6.07) is 0. The van der Waals surface area contributed by atoms with E-state index >= 15 is 0 Å². The summed E-state index contributed by atoms with van der Waals surface area (Å²) in [5, 5.41) is 78.0. The first-order valence-corrected chi connectivity index (χ1v) is 7.29. The summed E-state index contributed by atoms with van der Waals surface area (Å²) in [5.41, 5.74) is -5.94. The summed E-state index contributed by atoms with van der Waals surface area (Å²) in [5.74, 6) is 0. The van der Waals surface area contributed by atoms with Gasteiger partial charge in [-0.25, -0.2) is 0 Å². The minimum Gasteiger partial charge on any atom is -0.394 e. The van der Waals surface area contributed by atoms with Crippen molar-refractivity contribution >= 4 is 11.6 Å². The van der Waals surface area contributed by atoms with E-state index in [9.17, 15) is 35.7 Å². The molecule has 2 aliphatic heterocycles. The zero-order valence-corrected chi connectivity index (χ0v) is 12.6. The molecule has 1 unspecified atom stereocenters. The van der Waals surface area contributed by atoms with E-state index in [0.29, 0.717) is 0 Å². The van der Waals surface area contributed by atoms with E-state index < -0.39 is 73.2 Å². The van der Waals surface area contributed by atoms with Crippen LogP contribution in [0.4, 0.5) is 0 Å². The molecule has 2 heterocycles. The first kappa shape index (κ1) is 17.7. The third kappa shape index (κ3) is 2.50. The van der Waals surface area contributed by atoms with Crippen LogP contribution in [0.3, 0.4) is 0 Å². The summed E-state index contributed by atoms with van der Waals surface area (Å²) in [7, 11) is 0. The number of aliphatic hydroxyl groups excluding tert-OH is 6. The number of ether oxygens (including phenoxy) is 2. The van der Waals surface area contributed by atoms with Crippen LogP contribution >= 0.6 is 11.6 Å². The summed E-state index contributed by atoms with van der Waals surface area (Å²) >= 11 is 5.88. The highest BCUT2D eigenvalue weighted by atomic mass is 35.5. The van der Waals surface area contributed by atoms with E-state index in [2.05, 4.69) is 0 Å². The van der Waals surface area contributed by atoms with E-state index in [1.807, 2.05) is 0 Å². The Morgan fingerprint density at radius 3 is 2.00 bits per heavy atom. The van der Waals surface area contributed by atoms with Gasteiger partial charge in [0.15, 0.2) is 17.5 Å². The SMILES string of the molecule is [2H][C@]1(O)O[C@H](CO)[C@H](Cl)[C@H](O)[C@]1(O)C1(CO)O[C@H](CO)[C@@H](O)[C@@H]1O. The molecule has 8 N–H and O–H groups in total. The molecule has 0 aromatic heterocycles. The van der Waals surface area contributed by atoms with Gasteiger partial charge in [-0.05, 0) is 0 Å². The highest BCUT2D eigenvalue weighted by Crippen LogP contribution is 2.47. The Balaban J connectivity index is 2.56. The van der Waals surface area contributed by atoms with Gasteiger partial charge in [-0.3, -0.25) is 0 Å². The maximum Gasteiger partial charge on any atom is 0.190 e. The maximum absolute atomic E-state index is 10.9. The quantitative estimate of drug-likeness (QED) is 0.226. The van der Waals surface area contributed by atoms with Gasteiger partial charge in [0.1, 0.15) is 30.5 Å². The van der Waals surface area contributed by atoms with Gasteiger partial charge >= 0.3 is 0 Å². The molecule has 0 bridgehead atoms. The molecule has 0 aromatic carbocycles. The molecule has 23 heavy (non-hydrogen) atoms. The predicted octanol–water partition coefficient (Wildman–Crippen LogP) is -4.76. The summed E-state index contributed by atoms with van der Waals surface area (Å²) in [6.45, 7) is -2.90. The first-order chi connectivity index (χ1) is 11.0. The zero-order valence-electron chi connectivity index (χ0n) is 12.9. The third-order valence-electron chi connectivity index (χ3n) is 4.46. The molecule has 0 saturated carbocycles. The Kier molecular flexibility index (Phi) is 5.12. The zero-order chi connectivity index (χ0) is 18.5. The summed E-state index contributed by atoms with van der Waals surface area (Å²) in [6.07, 6.45) is -12.5. The van der Waals surface area contributed by atoms with Crippen LogP contribution in [0.2, 0.25) is 0 Å². The number of halogens is 1. The van der Waals surface area contributed by atoms with Crippen LogP contribution in [0.1, 0.15) is 1.37 Å². The topological polar surface area (TPSA) is 180 Å². The lowest BCUT2D eigenvalue weighted by molar-refractivity contribution is -0.363. The van der Waals surface area contributed by atoms with Crippen molar-refractivity contribution in [1.82, 2.24) is 0 Å². The van der Waals surface area contributed by atoms with Crippen LogP contribution in [0.25, 0.3) is 0 Å². The Labute approximate surface area is 137 Å². The molecule has 9 atom stereocenters. The van der Waals surface area contributed by atoms with Crippen molar-refractivity contribution in [2.24, 2.45) is 0 Å². The highest BCUT2D eigenvalue weighted by Gasteiger charge is 2.72. The van der Waals surface area contributed by atoms with E-state index in [4.69, 9.17) is 27.6 Å². The van der Waals surface area contributed by atoms with Crippen molar-refractivity contribution in [3.63, 3.8) is 0 Å². The van der Waals surface area contributed by atoms with Crippen LogP contribution in [0, 0.1) is 0 Å². The number of rotatable bonds is 4. The second-order valence-corrected chi connectivity index (χ2v) is 6.13. The van der Waals surface area contributed by atoms with E-state index in [1.165, 1.54) is 0 Å². The molecule has 2 rings (SSSR count). The monoisotopic (exact) mass is 361 g/mol. The smallest absolute Gasteiger partial charge is 0.190 e. The molecular weight excluding hydrogens is 340 g/mol. The third-order valence-corrected chi connectivity index (χ3v) is 4.98. The Morgan fingerprint density at radius 2 is 1.57 bits per heavy atom. The Hall–Kier alpha value is -0.110. The van der Waals surface area contributed by atoms with Gasteiger partial charge in [-0.2, -0.15) is 0 Å². The fourth-order valence-corrected chi connectivity index (χ4v) is 3.34. The molecule has 136 valence electrons. The van der Waals surface area contributed by atoms with E-state index in [-0.39, 0.29) is 0 Å². The van der Waals surface area contributed by atoms with Gasteiger partial charge in [0, 0.05) is 0 Å². The molecule has 0 aliphatic carbocycles. The molecule has 0 aromatic rings. The highest BCUT2D eigenvalue weighted by molar-refractivity contribution is 6.21. The van der Waals surface area contributed by atoms with Gasteiger partial charge < -0.3 is 50.3 Å². The van der Waals surface area contributed by atoms with Crippen molar-refractivity contribution in [3.05, 3.63) is 0 Å². The number of hydrogen-bond acceptors (Lipinski definition) is 10. The first-order valence-electron chi connectivity index (χ1n) is 7.35. The predicted molar refractivity (Wildman–Crippen MR) is 72.4 cm³/mol. The molecule has 2 saturated heterocycles. The molecule has 2 fully saturated rings. The fraction of sp³-hybridized carbons (Fsp3) is 1.00. The van der Waals surface area contributed by atoms with Gasteiger partial charge in [0.25, 0.3) is 0 Å². The number of aliphatic hydroxyl groups is 8. The average molecular weight is 362 g/mol. The van der Waals surface area contributed by atoms with Gasteiger partial charge in [0.2, 0.25) is 0 Å². The van der Waals surface area contributed by atoms with Crippen LogP contribution < -0.4 is 0 Å². The van der Waals surface area contributed by atoms with Gasteiger partial charge in [-0.1, -0.05) is 0 Å². The molecular formula is C12H21ClO10. The normalized spacial score (nSPS) is 58.2. The lowest BCUT2D eigenvalue weighted by Crippen LogP contribution is -2.78. The van der Waals surface area contributed by atoms with E-state index in [0.717, 1.165) is 0 Å². The van der Waals surface area contributed by atoms with Crippen LogP contribution in [0.5, 0.6) is 0 Å². The lowest BCUT2D eigenvalue weighted by Gasteiger charge is -2.54. The van der Waals surface area contributed by atoms with Crippen molar-refractivity contribution in [2.75, 3.05) is 19.8 Å². The lowest BCUT2D eigenvalue weighted by atomic mass is 9.71. The average Bonchev–Trinajstić information content (AvgIpc) is 2.81. The van der Waals surface area contributed by atoms with E-state index in [1.54, 1.807) is 0 Å². The largest absolute Gasteiger partial charge is 0.394 e. The fourth-order valence-electron chi connectivity index (χ4n) is 3.03. The summed E-state index contributed by atoms with van der Waals surface area (Å²) < 4.78 is 17.8. The number of alkyl halides is 1. The Bertz CT molecular complexity index is 469. The molecule has 10 nitrogen and oxygen atoms in total. The minimum atomic E-state index is -3.39.